The lowest BCUT2D eigenvalue weighted by Crippen LogP contribution is -2.32. The molecule has 0 bridgehead atoms. The average molecular weight is 508 g/mol. The molecule has 2 atom stereocenters. The Bertz CT molecular complexity index is 1290. The van der Waals surface area contributed by atoms with Gasteiger partial charge in [-0.15, -0.1) is 11.3 Å². The maximum Gasteiger partial charge on any atom is 0.407 e. The van der Waals surface area contributed by atoms with Crippen molar-refractivity contribution >= 4 is 28.3 Å². The number of hydrogen-bond donors (Lipinski definition) is 2. The first-order valence-corrected chi connectivity index (χ1v) is 12.6. The van der Waals surface area contributed by atoms with Crippen molar-refractivity contribution < 1.29 is 19.1 Å². The van der Waals surface area contributed by atoms with Crippen molar-refractivity contribution in [3.8, 4) is 11.8 Å². The van der Waals surface area contributed by atoms with Crippen molar-refractivity contribution in [1.29, 1.82) is 5.26 Å². The lowest BCUT2D eigenvalue weighted by molar-refractivity contribution is -0.116. The van der Waals surface area contributed by atoms with Crippen molar-refractivity contribution in [2.45, 2.75) is 51.2 Å². The van der Waals surface area contributed by atoms with Gasteiger partial charge in [0.05, 0.1) is 31.2 Å². The number of ether oxygens (including phenoxy) is 2. The molecule has 9 nitrogen and oxygen atoms in total. The van der Waals surface area contributed by atoms with Crippen LogP contribution >= 0.6 is 11.3 Å². The van der Waals surface area contributed by atoms with E-state index in [1.165, 1.54) is 11.3 Å². The number of nitriles is 1. The highest BCUT2D eigenvalue weighted by molar-refractivity contribution is 7.16. The maximum absolute atomic E-state index is 12.8. The second-order valence-electron chi connectivity index (χ2n) is 8.87. The summed E-state index contributed by atoms with van der Waals surface area (Å²) in [7, 11) is 3.47. The molecule has 3 aromatic rings. The largest absolute Gasteiger partial charge is 0.497 e. The molecule has 0 saturated heterocycles. The van der Waals surface area contributed by atoms with Crippen LogP contribution in [-0.2, 0) is 36.0 Å². The number of imidazole rings is 1. The van der Waals surface area contributed by atoms with Crippen molar-refractivity contribution in [2.24, 2.45) is 7.05 Å². The lowest BCUT2D eigenvalue weighted by Gasteiger charge is -2.22. The Morgan fingerprint density at radius 3 is 2.94 bits per heavy atom. The summed E-state index contributed by atoms with van der Waals surface area (Å²) >= 11 is 1.39. The van der Waals surface area contributed by atoms with E-state index in [-0.39, 0.29) is 24.3 Å². The number of hydrogen-bond acceptors (Lipinski definition) is 7. The molecule has 2 unspecified atom stereocenters. The van der Waals surface area contributed by atoms with Crippen LogP contribution in [0, 0.1) is 11.3 Å². The van der Waals surface area contributed by atoms with Crippen LogP contribution in [0.1, 0.15) is 52.9 Å². The van der Waals surface area contributed by atoms with Crippen molar-refractivity contribution in [2.75, 3.05) is 12.4 Å². The number of rotatable bonds is 8. The highest BCUT2D eigenvalue weighted by Crippen LogP contribution is 2.38. The van der Waals surface area contributed by atoms with Gasteiger partial charge in [-0.25, -0.2) is 9.78 Å². The molecular formula is C26H29N5O4S. The van der Waals surface area contributed by atoms with Gasteiger partial charge in [0.1, 0.15) is 22.9 Å². The quantitative estimate of drug-likeness (QED) is 0.470. The standard InChI is InChI=1S/C26H29N5O4S/c1-16(17-5-4-6-19(10-17)34-3)9-24(32)30-25-22(12-27)21-8-7-20(11-23(21)36-25)35-26(33)29-14-18-13-28-15-31(18)2/h4-6,10,13,15-16,20H,7-9,11,14H2,1-3H3,(H,29,33)(H,30,32). The van der Waals surface area contributed by atoms with Crippen LogP contribution in [0.5, 0.6) is 5.75 Å². The van der Waals surface area contributed by atoms with E-state index in [4.69, 9.17) is 9.47 Å². The summed E-state index contributed by atoms with van der Waals surface area (Å²) in [6, 6.07) is 9.93. The first kappa shape index (κ1) is 25.3. The zero-order valence-electron chi connectivity index (χ0n) is 20.5. The van der Waals surface area contributed by atoms with Crippen LogP contribution in [0.4, 0.5) is 9.80 Å². The SMILES string of the molecule is COc1cccc(C(C)CC(=O)Nc2sc3c(c2C#N)CCC(OC(=O)NCc2cncn2C)C3)c1. The predicted octanol–water partition coefficient (Wildman–Crippen LogP) is 4.28. The number of nitrogens with zero attached hydrogens (tertiary/aromatic N) is 3. The second kappa shape index (κ2) is 11.3. The molecule has 10 heteroatoms. The molecule has 2 heterocycles. The van der Waals surface area contributed by atoms with Crippen LogP contribution in [0.25, 0.3) is 0 Å². The molecule has 0 aliphatic heterocycles. The van der Waals surface area contributed by atoms with Crippen LogP contribution < -0.4 is 15.4 Å². The van der Waals surface area contributed by atoms with Gasteiger partial charge in [-0.3, -0.25) is 4.79 Å². The van der Waals surface area contributed by atoms with E-state index in [1.54, 1.807) is 19.6 Å². The van der Waals surface area contributed by atoms with Gasteiger partial charge in [0.25, 0.3) is 0 Å². The van der Waals surface area contributed by atoms with Crippen molar-refractivity contribution in [3.63, 3.8) is 0 Å². The molecule has 0 spiro atoms. The number of thiophene rings is 1. The Morgan fingerprint density at radius 2 is 2.22 bits per heavy atom. The number of anilines is 1. The fourth-order valence-electron chi connectivity index (χ4n) is 4.29. The van der Waals surface area contributed by atoms with E-state index in [1.807, 2.05) is 42.8 Å². The minimum atomic E-state index is -0.484. The number of amides is 2. The van der Waals surface area contributed by atoms with Crippen LogP contribution in [-0.4, -0.2) is 34.8 Å². The molecule has 36 heavy (non-hydrogen) atoms. The Labute approximate surface area is 214 Å². The summed E-state index contributed by atoms with van der Waals surface area (Å²) in [5, 5.41) is 16.0. The number of aryl methyl sites for hydroxylation is 1. The zero-order chi connectivity index (χ0) is 25.7. The first-order chi connectivity index (χ1) is 17.4. The Morgan fingerprint density at radius 1 is 1.39 bits per heavy atom. The lowest BCUT2D eigenvalue weighted by atomic mass is 9.93. The van der Waals surface area contributed by atoms with E-state index >= 15 is 0 Å². The number of aromatic nitrogens is 2. The summed E-state index contributed by atoms with van der Waals surface area (Å²) in [4.78, 5) is 30.1. The normalized spacial score (nSPS) is 15.3. The number of methoxy groups -OCH3 is 1. The second-order valence-corrected chi connectivity index (χ2v) is 9.97. The third kappa shape index (κ3) is 5.86. The Balaban J connectivity index is 1.35. The van der Waals surface area contributed by atoms with E-state index in [2.05, 4.69) is 21.7 Å². The van der Waals surface area contributed by atoms with Crippen molar-refractivity contribution in [3.05, 3.63) is 64.1 Å². The fourth-order valence-corrected chi connectivity index (χ4v) is 5.57. The van der Waals surface area contributed by atoms with E-state index < -0.39 is 6.09 Å². The maximum atomic E-state index is 12.8. The van der Waals surface area contributed by atoms with Gasteiger partial charge in [-0.2, -0.15) is 5.26 Å². The number of alkyl carbamates (subject to hydrolysis) is 1. The molecule has 2 aromatic heterocycles. The summed E-state index contributed by atoms with van der Waals surface area (Å²) in [5.41, 5.74) is 3.33. The topological polar surface area (TPSA) is 118 Å². The summed E-state index contributed by atoms with van der Waals surface area (Å²) in [6.45, 7) is 2.32. The molecule has 188 valence electrons. The van der Waals surface area contributed by atoms with Gasteiger partial charge in [0, 0.05) is 31.0 Å². The Kier molecular flexibility index (Phi) is 7.90. The van der Waals surface area contributed by atoms with Crippen molar-refractivity contribution in [1.82, 2.24) is 14.9 Å². The van der Waals surface area contributed by atoms with E-state index in [0.29, 0.717) is 36.4 Å². The number of nitrogens with one attached hydrogen (secondary N) is 2. The molecule has 4 rings (SSSR count). The highest BCUT2D eigenvalue weighted by Gasteiger charge is 2.28. The average Bonchev–Trinajstić information content (AvgIpc) is 3.44. The fraction of sp³-hybridized carbons (Fsp3) is 0.385. The van der Waals surface area contributed by atoms with Crippen LogP contribution in [0.2, 0.25) is 0 Å². The zero-order valence-corrected chi connectivity index (χ0v) is 21.4. The summed E-state index contributed by atoms with van der Waals surface area (Å²) in [5.74, 6) is 0.588. The molecule has 1 aliphatic rings. The number of benzene rings is 1. The number of fused-ring (bicyclic) bond motifs is 1. The first-order valence-electron chi connectivity index (χ1n) is 11.8. The van der Waals surface area contributed by atoms with Crippen LogP contribution in [0.3, 0.4) is 0 Å². The summed E-state index contributed by atoms with van der Waals surface area (Å²) < 4.78 is 12.7. The number of carbonyl (C=O) groups is 2. The third-order valence-electron chi connectivity index (χ3n) is 6.34. The molecule has 0 saturated carbocycles. The molecule has 1 aliphatic carbocycles. The van der Waals surface area contributed by atoms with Gasteiger partial charge < -0.3 is 24.7 Å². The minimum Gasteiger partial charge on any atom is -0.497 e. The Hall–Kier alpha value is -3.84. The minimum absolute atomic E-state index is 0.0112. The molecule has 2 N–H and O–H groups in total. The van der Waals surface area contributed by atoms with E-state index in [0.717, 1.165) is 27.4 Å². The van der Waals surface area contributed by atoms with Crippen LogP contribution in [0.15, 0.2) is 36.8 Å². The van der Waals surface area contributed by atoms with Gasteiger partial charge in [0.2, 0.25) is 5.91 Å². The number of carbonyl (C=O) groups excluding carboxylic acids is 2. The molecular weight excluding hydrogens is 478 g/mol. The van der Waals surface area contributed by atoms with Gasteiger partial charge >= 0.3 is 6.09 Å². The molecule has 0 radical (unpaired) electrons. The monoisotopic (exact) mass is 507 g/mol. The van der Waals surface area contributed by atoms with E-state index in [9.17, 15) is 14.9 Å². The third-order valence-corrected chi connectivity index (χ3v) is 7.51. The molecule has 1 aromatic carbocycles. The van der Waals surface area contributed by atoms with Gasteiger partial charge in [-0.1, -0.05) is 19.1 Å². The smallest absolute Gasteiger partial charge is 0.407 e. The predicted molar refractivity (Wildman–Crippen MR) is 136 cm³/mol. The highest BCUT2D eigenvalue weighted by atomic mass is 32.1. The van der Waals surface area contributed by atoms with Gasteiger partial charge in [-0.05, 0) is 42.0 Å². The van der Waals surface area contributed by atoms with Gasteiger partial charge in [0.15, 0.2) is 0 Å². The molecule has 2 amide bonds. The molecule has 0 fully saturated rings. The summed E-state index contributed by atoms with van der Waals surface area (Å²) in [6.07, 6.45) is 4.63.